The molecular weight excluding hydrogens is 367 g/mol. The van der Waals surface area contributed by atoms with Gasteiger partial charge in [-0.05, 0) is 31.4 Å². The highest BCUT2D eigenvalue weighted by Crippen LogP contribution is 2.31. The lowest BCUT2D eigenvalue weighted by Gasteiger charge is -2.30. The highest BCUT2D eigenvalue weighted by molar-refractivity contribution is 7.17. The molecule has 2 bridgehead atoms. The maximum atomic E-state index is 12.7. The van der Waals surface area contributed by atoms with E-state index in [9.17, 15) is 22.8 Å². The molecule has 0 radical (unpaired) electrons. The summed E-state index contributed by atoms with van der Waals surface area (Å²) in [6.45, 7) is 2.88. The second-order valence-electron chi connectivity index (χ2n) is 6.86. The summed E-state index contributed by atoms with van der Waals surface area (Å²) >= 11 is 1.00. The van der Waals surface area contributed by atoms with E-state index in [4.69, 9.17) is 0 Å². The second kappa shape index (κ2) is 6.31. The van der Waals surface area contributed by atoms with Crippen molar-refractivity contribution in [3.63, 3.8) is 0 Å². The number of ketones is 1. The average Bonchev–Trinajstić information content (AvgIpc) is 3.15. The van der Waals surface area contributed by atoms with Gasteiger partial charge in [-0.3, -0.25) is 9.59 Å². The minimum Gasteiger partial charge on any atom is -0.347 e. The first-order valence-corrected chi connectivity index (χ1v) is 9.21. The molecule has 5 nitrogen and oxygen atoms in total. The van der Waals surface area contributed by atoms with Crippen molar-refractivity contribution in [2.24, 2.45) is 5.92 Å². The zero-order chi connectivity index (χ0) is 18.5. The first kappa shape index (κ1) is 17.4. The van der Waals surface area contributed by atoms with Crippen molar-refractivity contribution in [3.05, 3.63) is 28.9 Å². The van der Waals surface area contributed by atoms with E-state index in [2.05, 4.69) is 15.2 Å². The molecule has 0 aromatic carbocycles. The van der Waals surface area contributed by atoms with Gasteiger partial charge in [0.15, 0.2) is 0 Å². The van der Waals surface area contributed by atoms with Crippen molar-refractivity contribution in [2.75, 3.05) is 19.6 Å². The summed E-state index contributed by atoms with van der Waals surface area (Å²) in [4.78, 5) is 30.4. The van der Waals surface area contributed by atoms with Crippen LogP contribution in [0.1, 0.15) is 33.7 Å². The first-order chi connectivity index (χ1) is 12.3. The topological polar surface area (TPSA) is 62.3 Å². The molecule has 2 aromatic rings. The molecule has 4 rings (SSSR count). The van der Waals surface area contributed by atoms with Crippen molar-refractivity contribution in [1.29, 1.82) is 0 Å². The van der Waals surface area contributed by atoms with Crippen LogP contribution in [-0.2, 0) is 0 Å². The van der Waals surface area contributed by atoms with Crippen molar-refractivity contribution in [3.8, 4) is 0 Å². The number of fused-ring (bicyclic) bond motifs is 3. The fourth-order valence-electron chi connectivity index (χ4n) is 3.81. The molecular formula is C17H16F3N3O2S. The third-order valence-corrected chi connectivity index (χ3v) is 5.93. The standard InChI is InChI=1S/C17H16F3N3O2S/c18-17(19,20)15(24)12-8-26-14-5-21-13(4-11(12)14)16(25)22-10-3-9-1-2-23(6-9)7-10/h4-5,8-10H,1-3,6-7H2,(H,22,25). The predicted molar refractivity (Wildman–Crippen MR) is 90.4 cm³/mol. The smallest absolute Gasteiger partial charge is 0.347 e. The van der Waals surface area contributed by atoms with Gasteiger partial charge in [0.2, 0.25) is 0 Å². The van der Waals surface area contributed by atoms with Crippen LogP contribution in [0, 0.1) is 5.92 Å². The SMILES string of the molecule is O=C(NC1CC2CCN(C2)C1)c1cc2c(C(=O)C(F)(F)F)csc2cn1. The normalized spacial score (nSPS) is 25.4. The number of halogens is 3. The van der Waals surface area contributed by atoms with E-state index in [1.165, 1.54) is 12.3 Å². The number of carbonyl (C=O) groups excluding carboxylic acids is 2. The number of nitrogens with one attached hydrogen (secondary N) is 1. The fraction of sp³-hybridized carbons (Fsp3) is 0.471. The van der Waals surface area contributed by atoms with Crippen LogP contribution < -0.4 is 5.32 Å². The summed E-state index contributed by atoms with van der Waals surface area (Å²) in [5, 5.41) is 4.20. The van der Waals surface area contributed by atoms with E-state index in [1.807, 2.05) is 0 Å². The summed E-state index contributed by atoms with van der Waals surface area (Å²) in [6, 6.07) is 1.29. The van der Waals surface area contributed by atoms with Crippen LogP contribution in [0.15, 0.2) is 17.6 Å². The van der Waals surface area contributed by atoms with E-state index < -0.39 is 23.4 Å². The monoisotopic (exact) mass is 383 g/mol. The summed E-state index contributed by atoms with van der Waals surface area (Å²) < 4.78 is 38.7. The summed E-state index contributed by atoms with van der Waals surface area (Å²) in [5.74, 6) is -1.74. The molecule has 9 heteroatoms. The molecule has 3 unspecified atom stereocenters. The van der Waals surface area contributed by atoms with E-state index in [0.717, 1.165) is 49.2 Å². The molecule has 2 aromatic heterocycles. The van der Waals surface area contributed by atoms with Gasteiger partial charge in [-0.15, -0.1) is 11.3 Å². The quantitative estimate of drug-likeness (QED) is 0.828. The van der Waals surface area contributed by atoms with Crippen LogP contribution in [0.2, 0.25) is 0 Å². The molecule has 26 heavy (non-hydrogen) atoms. The molecule has 2 saturated heterocycles. The van der Waals surface area contributed by atoms with Crippen molar-refractivity contribution in [2.45, 2.75) is 25.1 Å². The number of hydrogen-bond acceptors (Lipinski definition) is 5. The molecule has 4 heterocycles. The lowest BCUT2D eigenvalue weighted by molar-refractivity contribution is -0.0883. The average molecular weight is 383 g/mol. The van der Waals surface area contributed by atoms with Gasteiger partial charge in [0.1, 0.15) is 5.69 Å². The molecule has 0 aliphatic carbocycles. The minimum atomic E-state index is -4.95. The Kier molecular flexibility index (Phi) is 4.23. The first-order valence-electron chi connectivity index (χ1n) is 8.33. The van der Waals surface area contributed by atoms with E-state index in [0.29, 0.717) is 10.6 Å². The Labute approximate surface area is 151 Å². The molecule has 0 saturated carbocycles. The third kappa shape index (κ3) is 3.21. The van der Waals surface area contributed by atoms with Crippen LogP contribution in [0.5, 0.6) is 0 Å². The number of hydrogen-bond donors (Lipinski definition) is 1. The van der Waals surface area contributed by atoms with Crippen molar-refractivity contribution < 1.29 is 22.8 Å². The van der Waals surface area contributed by atoms with Gasteiger partial charge in [-0.2, -0.15) is 13.2 Å². The zero-order valence-electron chi connectivity index (χ0n) is 13.7. The largest absolute Gasteiger partial charge is 0.454 e. The minimum absolute atomic E-state index is 0.0139. The van der Waals surface area contributed by atoms with Crippen LogP contribution in [0.3, 0.4) is 0 Å². The number of pyridine rings is 1. The molecule has 138 valence electrons. The third-order valence-electron chi connectivity index (χ3n) is 5.00. The van der Waals surface area contributed by atoms with Crippen molar-refractivity contribution >= 4 is 33.1 Å². The molecule has 0 spiro atoms. The Hall–Kier alpha value is -2.00. The van der Waals surface area contributed by atoms with Crippen LogP contribution in [0.25, 0.3) is 10.1 Å². The van der Waals surface area contributed by atoms with Gasteiger partial charge in [0.05, 0.1) is 4.70 Å². The van der Waals surface area contributed by atoms with Gasteiger partial charge >= 0.3 is 6.18 Å². The number of rotatable bonds is 3. The number of alkyl halides is 3. The fourth-order valence-corrected chi connectivity index (χ4v) is 4.70. The Balaban J connectivity index is 1.56. The molecule has 3 atom stereocenters. The van der Waals surface area contributed by atoms with E-state index >= 15 is 0 Å². The Bertz CT molecular complexity index is 868. The Morgan fingerprint density at radius 1 is 1.31 bits per heavy atom. The second-order valence-corrected chi connectivity index (χ2v) is 7.77. The van der Waals surface area contributed by atoms with Gasteiger partial charge < -0.3 is 10.2 Å². The van der Waals surface area contributed by atoms with Crippen LogP contribution >= 0.6 is 11.3 Å². The molecule has 1 N–H and O–H groups in total. The number of aromatic nitrogens is 1. The molecule has 2 aliphatic rings. The van der Waals surface area contributed by atoms with E-state index in [1.54, 1.807) is 0 Å². The van der Waals surface area contributed by atoms with Crippen LogP contribution in [0.4, 0.5) is 13.2 Å². The Morgan fingerprint density at radius 3 is 2.85 bits per heavy atom. The van der Waals surface area contributed by atoms with Gasteiger partial charge in [-0.25, -0.2) is 4.98 Å². The number of amides is 1. The van der Waals surface area contributed by atoms with Crippen molar-refractivity contribution in [1.82, 2.24) is 15.2 Å². The summed E-state index contributed by atoms with van der Waals surface area (Å²) in [6.07, 6.45) is -1.57. The number of thiophene rings is 1. The van der Waals surface area contributed by atoms with Gasteiger partial charge in [-0.1, -0.05) is 0 Å². The number of Topliss-reactive ketones (excluding diaryl/α,β-unsaturated/α-hetero) is 1. The highest BCUT2D eigenvalue weighted by atomic mass is 32.1. The number of piperidine rings is 1. The maximum absolute atomic E-state index is 12.7. The van der Waals surface area contributed by atoms with E-state index in [-0.39, 0.29) is 17.1 Å². The Morgan fingerprint density at radius 2 is 2.12 bits per heavy atom. The maximum Gasteiger partial charge on any atom is 0.454 e. The highest BCUT2D eigenvalue weighted by Gasteiger charge is 2.40. The van der Waals surface area contributed by atoms with Gasteiger partial charge in [0, 0.05) is 41.7 Å². The lowest BCUT2D eigenvalue weighted by atomic mass is 9.97. The van der Waals surface area contributed by atoms with Gasteiger partial charge in [0.25, 0.3) is 11.7 Å². The number of nitrogens with zero attached hydrogens (tertiary/aromatic N) is 2. The van der Waals surface area contributed by atoms with Crippen LogP contribution in [-0.4, -0.2) is 53.4 Å². The summed E-state index contributed by atoms with van der Waals surface area (Å²) in [7, 11) is 0. The number of carbonyl (C=O) groups is 2. The lowest BCUT2D eigenvalue weighted by Crippen LogP contribution is -2.47. The molecule has 2 fully saturated rings. The predicted octanol–water partition coefficient (Wildman–Crippen LogP) is 2.87. The summed E-state index contributed by atoms with van der Waals surface area (Å²) in [5.41, 5.74) is -0.407. The molecule has 1 amide bonds. The molecule has 2 aliphatic heterocycles. The zero-order valence-corrected chi connectivity index (χ0v) is 14.5.